The highest BCUT2D eigenvalue weighted by molar-refractivity contribution is 5.97. The van der Waals surface area contributed by atoms with Crippen molar-refractivity contribution in [3.05, 3.63) is 70.1 Å². The zero-order valence-electron chi connectivity index (χ0n) is 15.9. The van der Waals surface area contributed by atoms with Crippen LogP contribution >= 0.6 is 0 Å². The monoisotopic (exact) mass is 391 g/mol. The standard InChI is InChI=1S/C23H21NO5/c25-22(17-13-16-5-1-2-7-19(16)29-23(17)26)24-10-3-6-18(24)15-8-9-20-21(14-15)28-12-4-11-27-20/h1-2,5,7-9,13-14,18H,3-4,6,10-12H2. The molecule has 1 aromatic heterocycles. The van der Waals surface area contributed by atoms with Gasteiger partial charge in [0, 0.05) is 18.4 Å². The van der Waals surface area contributed by atoms with Crippen molar-refractivity contribution in [2.45, 2.75) is 25.3 Å². The third-order valence-electron chi connectivity index (χ3n) is 5.54. The van der Waals surface area contributed by atoms with Crippen LogP contribution in [0.25, 0.3) is 11.0 Å². The summed E-state index contributed by atoms with van der Waals surface area (Å²) in [6.07, 6.45) is 2.56. The summed E-state index contributed by atoms with van der Waals surface area (Å²) in [7, 11) is 0. The summed E-state index contributed by atoms with van der Waals surface area (Å²) in [4.78, 5) is 27.5. The van der Waals surface area contributed by atoms with E-state index in [2.05, 4.69) is 0 Å². The van der Waals surface area contributed by atoms with Crippen LogP contribution in [0.3, 0.4) is 0 Å². The first kappa shape index (κ1) is 17.8. The summed E-state index contributed by atoms with van der Waals surface area (Å²) in [5.41, 5.74) is 0.947. The molecule has 3 heterocycles. The quantitative estimate of drug-likeness (QED) is 0.619. The van der Waals surface area contributed by atoms with Gasteiger partial charge >= 0.3 is 5.63 Å². The van der Waals surface area contributed by atoms with E-state index in [1.807, 2.05) is 30.3 Å². The normalized spacial score (nSPS) is 18.6. The van der Waals surface area contributed by atoms with E-state index in [1.165, 1.54) is 0 Å². The number of benzene rings is 2. The topological polar surface area (TPSA) is 69.0 Å². The van der Waals surface area contributed by atoms with Gasteiger partial charge in [0.25, 0.3) is 5.91 Å². The van der Waals surface area contributed by atoms with Gasteiger partial charge in [0.2, 0.25) is 0 Å². The number of hydrogen-bond acceptors (Lipinski definition) is 5. The molecule has 2 aliphatic rings. The lowest BCUT2D eigenvalue weighted by Crippen LogP contribution is -2.33. The molecule has 0 spiro atoms. The number of fused-ring (bicyclic) bond motifs is 2. The minimum atomic E-state index is -0.599. The maximum Gasteiger partial charge on any atom is 0.349 e. The van der Waals surface area contributed by atoms with E-state index in [0.29, 0.717) is 31.1 Å². The second kappa shape index (κ2) is 7.28. The number of amides is 1. The first-order chi connectivity index (χ1) is 14.2. The fraction of sp³-hybridized carbons (Fsp3) is 0.304. The lowest BCUT2D eigenvalue weighted by atomic mass is 10.0. The third kappa shape index (κ3) is 3.24. The lowest BCUT2D eigenvalue weighted by molar-refractivity contribution is 0.0731. The molecule has 1 atom stereocenters. The van der Waals surface area contributed by atoms with Crippen molar-refractivity contribution < 1.29 is 18.7 Å². The van der Waals surface area contributed by atoms with Crippen LogP contribution in [0.15, 0.2) is 57.7 Å². The van der Waals surface area contributed by atoms with Crippen molar-refractivity contribution in [2.75, 3.05) is 19.8 Å². The van der Waals surface area contributed by atoms with Crippen LogP contribution < -0.4 is 15.1 Å². The molecule has 2 aliphatic heterocycles. The zero-order valence-corrected chi connectivity index (χ0v) is 15.9. The lowest BCUT2D eigenvalue weighted by Gasteiger charge is -2.25. The molecule has 3 aromatic rings. The average molecular weight is 391 g/mol. The molecule has 0 saturated carbocycles. The van der Waals surface area contributed by atoms with Crippen molar-refractivity contribution in [2.24, 2.45) is 0 Å². The molecule has 1 amide bonds. The Hall–Kier alpha value is -3.28. The number of carbonyl (C=O) groups is 1. The Kier molecular flexibility index (Phi) is 4.46. The number of carbonyl (C=O) groups excluding carboxylic acids is 1. The smallest absolute Gasteiger partial charge is 0.349 e. The Labute approximate surface area is 167 Å². The van der Waals surface area contributed by atoms with Crippen molar-refractivity contribution in [1.82, 2.24) is 4.90 Å². The van der Waals surface area contributed by atoms with Gasteiger partial charge in [0.15, 0.2) is 11.5 Å². The molecule has 1 fully saturated rings. The second-order valence-electron chi connectivity index (χ2n) is 7.40. The molecule has 29 heavy (non-hydrogen) atoms. The van der Waals surface area contributed by atoms with E-state index in [1.54, 1.807) is 23.1 Å². The molecule has 148 valence electrons. The van der Waals surface area contributed by atoms with Gasteiger partial charge in [-0.3, -0.25) is 4.79 Å². The molecule has 0 bridgehead atoms. The van der Waals surface area contributed by atoms with E-state index in [0.717, 1.165) is 36.0 Å². The predicted octanol–water partition coefficient (Wildman–Crippen LogP) is 3.93. The largest absolute Gasteiger partial charge is 0.490 e. The van der Waals surface area contributed by atoms with Crippen LogP contribution in [0.2, 0.25) is 0 Å². The molecule has 0 aliphatic carbocycles. The van der Waals surface area contributed by atoms with Gasteiger partial charge in [-0.25, -0.2) is 4.79 Å². The molecular formula is C23H21NO5. The Bertz CT molecular complexity index is 1140. The Balaban J connectivity index is 1.48. The fourth-order valence-electron chi connectivity index (χ4n) is 4.11. The molecule has 1 unspecified atom stereocenters. The van der Waals surface area contributed by atoms with Gasteiger partial charge in [0.1, 0.15) is 11.1 Å². The van der Waals surface area contributed by atoms with Gasteiger partial charge in [-0.05, 0) is 42.7 Å². The number of hydrogen-bond donors (Lipinski definition) is 0. The maximum atomic E-state index is 13.2. The molecule has 6 heteroatoms. The van der Waals surface area contributed by atoms with E-state index in [9.17, 15) is 9.59 Å². The number of nitrogens with zero attached hydrogens (tertiary/aromatic N) is 1. The first-order valence-electron chi connectivity index (χ1n) is 9.94. The van der Waals surface area contributed by atoms with E-state index in [-0.39, 0.29) is 17.5 Å². The third-order valence-corrected chi connectivity index (χ3v) is 5.54. The fourth-order valence-corrected chi connectivity index (χ4v) is 4.11. The van der Waals surface area contributed by atoms with Gasteiger partial charge in [-0.2, -0.15) is 0 Å². The minimum absolute atomic E-state index is 0.0740. The number of ether oxygens (including phenoxy) is 2. The van der Waals surface area contributed by atoms with Crippen LogP contribution in [-0.4, -0.2) is 30.6 Å². The van der Waals surface area contributed by atoms with E-state index >= 15 is 0 Å². The highest BCUT2D eigenvalue weighted by atomic mass is 16.5. The predicted molar refractivity (Wildman–Crippen MR) is 108 cm³/mol. The minimum Gasteiger partial charge on any atom is -0.490 e. The number of likely N-dealkylation sites (tertiary alicyclic amines) is 1. The average Bonchev–Trinajstić information content (AvgIpc) is 3.11. The summed E-state index contributed by atoms with van der Waals surface area (Å²) < 4.78 is 16.9. The molecule has 0 radical (unpaired) electrons. The van der Waals surface area contributed by atoms with E-state index < -0.39 is 5.63 Å². The summed E-state index contributed by atoms with van der Waals surface area (Å²) in [6, 6.07) is 14.6. The van der Waals surface area contributed by atoms with Crippen LogP contribution in [0.1, 0.15) is 41.2 Å². The van der Waals surface area contributed by atoms with Crippen molar-refractivity contribution >= 4 is 16.9 Å². The van der Waals surface area contributed by atoms with Crippen LogP contribution in [0.5, 0.6) is 11.5 Å². The van der Waals surface area contributed by atoms with Crippen LogP contribution in [0, 0.1) is 0 Å². The molecule has 2 aromatic carbocycles. The van der Waals surface area contributed by atoms with Gasteiger partial charge < -0.3 is 18.8 Å². The maximum absolute atomic E-state index is 13.2. The Morgan fingerprint density at radius 1 is 0.966 bits per heavy atom. The van der Waals surface area contributed by atoms with Crippen molar-refractivity contribution in [3.63, 3.8) is 0 Å². The highest BCUT2D eigenvalue weighted by Gasteiger charge is 2.33. The SMILES string of the molecule is O=C(c1cc2ccccc2oc1=O)N1CCCC1c1ccc2c(c1)OCCCO2. The summed E-state index contributed by atoms with van der Waals surface area (Å²) >= 11 is 0. The Morgan fingerprint density at radius 3 is 2.69 bits per heavy atom. The van der Waals surface area contributed by atoms with Gasteiger partial charge in [-0.1, -0.05) is 24.3 Å². The molecular weight excluding hydrogens is 370 g/mol. The Morgan fingerprint density at radius 2 is 1.79 bits per heavy atom. The summed E-state index contributed by atoms with van der Waals surface area (Å²) in [5.74, 6) is 1.15. The molecule has 1 saturated heterocycles. The summed E-state index contributed by atoms with van der Waals surface area (Å²) in [5, 5.41) is 0.738. The van der Waals surface area contributed by atoms with Gasteiger partial charge in [0.05, 0.1) is 19.3 Å². The molecule has 6 nitrogen and oxygen atoms in total. The summed E-state index contributed by atoms with van der Waals surface area (Å²) in [6.45, 7) is 1.85. The zero-order chi connectivity index (χ0) is 19.8. The van der Waals surface area contributed by atoms with Crippen molar-refractivity contribution in [3.8, 4) is 11.5 Å². The number of para-hydroxylation sites is 1. The van der Waals surface area contributed by atoms with E-state index in [4.69, 9.17) is 13.9 Å². The molecule has 0 N–H and O–H groups in total. The number of rotatable bonds is 2. The van der Waals surface area contributed by atoms with Crippen LogP contribution in [0.4, 0.5) is 0 Å². The van der Waals surface area contributed by atoms with Crippen molar-refractivity contribution in [1.29, 1.82) is 0 Å². The molecule has 5 rings (SSSR count). The second-order valence-corrected chi connectivity index (χ2v) is 7.40. The highest BCUT2D eigenvalue weighted by Crippen LogP contribution is 2.38. The van der Waals surface area contributed by atoms with Gasteiger partial charge in [-0.15, -0.1) is 0 Å². The first-order valence-corrected chi connectivity index (χ1v) is 9.94. The van der Waals surface area contributed by atoms with Crippen LogP contribution in [-0.2, 0) is 0 Å².